The molecule has 2 heterocycles. The molecular formula is C25H25BrN2O4S. The highest BCUT2D eigenvalue weighted by Crippen LogP contribution is 2.33. The van der Waals surface area contributed by atoms with E-state index in [0.717, 1.165) is 14.9 Å². The van der Waals surface area contributed by atoms with Crippen LogP contribution in [0.3, 0.4) is 0 Å². The summed E-state index contributed by atoms with van der Waals surface area (Å²) in [5.74, 6) is 1.11. The van der Waals surface area contributed by atoms with E-state index in [1.165, 1.54) is 0 Å². The zero-order valence-corrected chi connectivity index (χ0v) is 20.9. The van der Waals surface area contributed by atoms with Gasteiger partial charge >= 0.3 is 0 Å². The summed E-state index contributed by atoms with van der Waals surface area (Å²) < 4.78 is 11.7. The topological polar surface area (TPSA) is 59.1 Å². The Labute approximate surface area is 205 Å². The summed E-state index contributed by atoms with van der Waals surface area (Å²) in [6.45, 7) is 4.93. The molecule has 0 N–H and O–H groups in total. The van der Waals surface area contributed by atoms with E-state index in [4.69, 9.17) is 9.47 Å². The fourth-order valence-corrected chi connectivity index (χ4v) is 4.72. The van der Waals surface area contributed by atoms with E-state index in [1.807, 2.05) is 61.7 Å². The van der Waals surface area contributed by atoms with Crippen LogP contribution in [0, 0.1) is 0 Å². The van der Waals surface area contributed by atoms with Crippen LogP contribution in [0.2, 0.25) is 0 Å². The lowest BCUT2D eigenvalue weighted by atomic mass is 10.1. The highest BCUT2D eigenvalue weighted by molar-refractivity contribution is 9.10. The maximum absolute atomic E-state index is 13.5. The molecule has 0 fully saturated rings. The van der Waals surface area contributed by atoms with Gasteiger partial charge in [-0.1, -0.05) is 34.1 Å². The van der Waals surface area contributed by atoms with E-state index in [2.05, 4.69) is 15.9 Å². The van der Waals surface area contributed by atoms with Crippen molar-refractivity contribution < 1.29 is 19.1 Å². The predicted octanol–water partition coefficient (Wildman–Crippen LogP) is 5.32. The molecule has 4 rings (SSSR count). The van der Waals surface area contributed by atoms with Crippen LogP contribution in [0.15, 0.2) is 64.5 Å². The van der Waals surface area contributed by atoms with E-state index in [9.17, 15) is 9.59 Å². The molecule has 1 aromatic heterocycles. The number of halogens is 1. The van der Waals surface area contributed by atoms with Gasteiger partial charge in [-0.2, -0.15) is 0 Å². The number of rotatable bonds is 8. The monoisotopic (exact) mass is 528 g/mol. The van der Waals surface area contributed by atoms with Crippen molar-refractivity contribution in [1.82, 2.24) is 9.80 Å². The van der Waals surface area contributed by atoms with Gasteiger partial charge in [-0.3, -0.25) is 9.59 Å². The molecule has 2 amide bonds. The Hall–Kier alpha value is -2.84. The standard InChI is InChI=1S/C25H25BrN2O4S/c1-17(2)28(25(30)19-5-3-6-20(26)12-19)15-24(29)27(14-21-7-4-10-33-21)13-18-8-9-22-23(11-18)32-16-31-22/h3-12,17H,13-16H2,1-2H3. The zero-order chi connectivity index (χ0) is 23.4. The van der Waals surface area contributed by atoms with Crippen molar-refractivity contribution in [3.63, 3.8) is 0 Å². The van der Waals surface area contributed by atoms with Crippen molar-refractivity contribution in [2.75, 3.05) is 13.3 Å². The maximum Gasteiger partial charge on any atom is 0.254 e. The minimum atomic E-state index is -0.168. The molecule has 0 saturated carbocycles. The van der Waals surface area contributed by atoms with Crippen molar-refractivity contribution in [3.05, 3.63) is 80.5 Å². The van der Waals surface area contributed by atoms with Gasteiger partial charge in [0.1, 0.15) is 6.54 Å². The zero-order valence-electron chi connectivity index (χ0n) is 18.5. The van der Waals surface area contributed by atoms with Crippen LogP contribution >= 0.6 is 27.3 Å². The maximum atomic E-state index is 13.5. The number of amides is 2. The minimum absolute atomic E-state index is 0.00105. The highest BCUT2D eigenvalue weighted by atomic mass is 79.9. The molecule has 3 aromatic rings. The van der Waals surface area contributed by atoms with Crippen LogP contribution in [0.4, 0.5) is 0 Å². The molecule has 1 aliphatic rings. The highest BCUT2D eigenvalue weighted by Gasteiger charge is 2.25. The van der Waals surface area contributed by atoms with Crippen molar-refractivity contribution in [3.8, 4) is 11.5 Å². The van der Waals surface area contributed by atoms with Gasteiger partial charge in [0.25, 0.3) is 5.91 Å². The Bertz CT molecular complexity index is 1130. The van der Waals surface area contributed by atoms with E-state index in [-0.39, 0.29) is 31.2 Å². The second kappa shape index (κ2) is 10.4. The molecule has 0 radical (unpaired) electrons. The summed E-state index contributed by atoms with van der Waals surface area (Å²) in [6, 6.07) is 16.8. The molecular weight excluding hydrogens is 504 g/mol. The number of hydrogen-bond acceptors (Lipinski definition) is 5. The first-order valence-corrected chi connectivity index (χ1v) is 12.3. The van der Waals surface area contributed by atoms with Crippen molar-refractivity contribution in [2.24, 2.45) is 0 Å². The first kappa shape index (κ1) is 23.3. The number of carbonyl (C=O) groups excluding carboxylic acids is 2. The summed E-state index contributed by atoms with van der Waals surface area (Å²) in [5, 5.41) is 2.00. The van der Waals surface area contributed by atoms with Gasteiger partial charge in [0.05, 0.1) is 6.54 Å². The lowest BCUT2D eigenvalue weighted by Gasteiger charge is -2.30. The normalized spacial score (nSPS) is 12.1. The van der Waals surface area contributed by atoms with E-state index in [0.29, 0.717) is 30.2 Å². The fraction of sp³-hybridized carbons (Fsp3) is 0.280. The molecule has 6 nitrogen and oxygen atoms in total. The van der Waals surface area contributed by atoms with Crippen LogP contribution in [0.5, 0.6) is 11.5 Å². The number of benzene rings is 2. The van der Waals surface area contributed by atoms with Gasteiger partial charge < -0.3 is 19.3 Å². The Balaban J connectivity index is 1.54. The first-order valence-electron chi connectivity index (χ1n) is 10.7. The number of nitrogens with zero attached hydrogens (tertiary/aromatic N) is 2. The van der Waals surface area contributed by atoms with Gasteiger partial charge in [0.15, 0.2) is 11.5 Å². The van der Waals surface area contributed by atoms with E-state index >= 15 is 0 Å². The molecule has 2 aromatic carbocycles. The summed E-state index contributed by atoms with van der Waals surface area (Å²) in [5.41, 5.74) is 1.49. The van der Waals surface area contributed by atoms with E-state index in [1.54, 1.807) is 33.3 Å². The van der Waals surface area contributed by atoms with Crippen LogP contribution in [-0.2, 0) is 17.9 Å². The Morgan fingerprint density at radius 3 is 2.58 bits per heavy atom. The Kier molecular flexibility index (Phi) is 7.35. The number of thiophene rings is 1. The number of fused-ring (bicyclic) bond motifs is 1. The molecule has 33 heavy (non-hydrogen) atoms. The Morgan fingerprint density at radius 1 is 1.03 bits per heavy atom. The summed E-state index contributed by atoms with van der Waals surface area (Å²) in [7, 11) is 0. The number of ether oxygens (including phenoxy) is 2. The molecule has 0 unspecified atom stereocenters. The summed E-state index contributed by atoms with van der Waals surface area (Å²) in [4.78, 5) is 31.2. The number of hydrogen-bond donors (Lipinski definition) is 0. The molecule has 0 bridgehead atoms. The Morgan fingerprint density at radius 2 is 1.85 bits per heavy atom. The third-order valence-corrected chi connectivity index (χ3v) is 6.71. The summed E-state index contributed by atoms with van der Waals surface area (Å²) >= 11 is 5.02. The van der Waals surface area contributed by atoms with Gasteiger partial charge in [-0.25, -0.2) is 0 Å². The molecule has 0 aliphatic carbocycles. The second-order valence-corrected chi connectivity index (χ2v) is 10.0. The van der Waals surface area contributed by atoms with Gasteiger partial charge in [0.2, 0.25) is 12.7 Å². The second-order valence-electron chi connectivity index (χ2n) is 8.05. The van der Waals surface area contributed by atoms with Crippen LogP contribution in [0.1, 0.15) is 34.6 Å². The molecule has 8 heteroatoms. The third-order valence-electron chi connectivity index (χ3n) is 5.35. The molecule has 1 aliphatic heterocycles. The van der Waals surface area contributed by atoms with Crippen molar-refractivity contribution in [2.45, 2.75) is 33.0 Å². The average molecular weight is 529 g/mol. The summed E-state index contributed by atoms with van der Waals surface area (Å²) in [6.07, 6.45) is 0. The minimum Gasteiger partial charge on any atom is -0.454 e. The van der Waals surface area contributed by atoms with Crippen LogP contribution < -0.4 is 9.47 Å². The third kappa shape index (κ3) is 5.75. The first-order chi connectivity index (χ1) is 15.9. The lowest BCUT2D eigenvalue weighted by molar-refractivity contribution is -0.133. The van der Waals surface area contributed by atoms with Crippen LogP contribution in [-0.4, -0.2) is 41.0 Å². The van der Waals surface area contributed by atoms with Gasteiger partial charge in [0, 0.05) is 27.5 Å². The quantitative estimate of drug-likeness (QED) is 0.397. The van der Waals surface area contributed by atoms with E-state index < -0.39 is 0 Å². The molecule has 0 spiro atoms. The van der Waals surface area contributed by atoms with Crippen LogP contribution in [0.25, 0.3) is 0 Å². The smallest absolute Gasteiger partial charge is 0.254 e. The lowest BCUT2D eigenvalue weighted by Crippen LogP contribution is -2.45. The molecule has 0 saturated heterocycles. The molecule has 0 atom stereocenters. The molecule has 172 valence electrons. The van der Waals surface area contributed by atoms with Crippen molar-refractivity contribution in [1.29, 1.82) is 0 Å². The van der Waals surface area contributed by atoms with Gasteiger partial charge in [-0.15, -0.1) is 11.3 Å². The SMILES string of the molecule is CC(C)N(CC(=O)N(Cc1ccc2c(c1)OCO2)Cc1cccs1)C(=O)c1cccc(Br)c1. The largest absolute Gasteiger partial charge is 0.454 e. The average Bonchev–Trinajstić information content (AvgIpc) is 3.47. The fourth-order valence-electron chi connectivity index (χ4n) is 3.60. The predicted molar refractivity (Wildman–Crippen MR) is 131 cm³/mol. The number of carbonyl (C=O) groups is 2. The van der Waals surface area contributed by atoms with Gasteiger partial charge in [-0.05, 0) is 61.2 Å². The van der Waals surface area contributed by atoms with Crippen molar-refractivity contribution >= 4 is 39.1 Å².